The zero-order valence-electron chi connectivity index (χ0n) is 16.9. The van der Waals surface area contributed by atoms with E-state index in [0.29, 0.717) is 29.9 Å². The van der Waals surface area contributed by atoms with Crippen molar-refractivity contribution >= 4 is 16.0 Å². The molecule has 1 aromatic carbocycles. The second-order valence-corrected chi connectivity index (χ2v) is 10.5. The van der Waals surface area contributed by atoms with Gasteiger partial charge in [0, 0.05) is 39.8 Å². The predicted molar refractivity (Wildman–Crippen MR) is 112 cm³/mol. The first kappa shape index (κ1) is 19.7. The van der Waals surface area contributed by atoms with Crippen LogP contribution in [0.4, 0.5) is 0 Å². The number of hydrogen-bond acceptors (Lipinski definition) is 3. The van der Waals surface area contributed by atoms with E-state index in [-0.39, 0.29) is 0 Å². The van der Waals surface area contributed by atoms with Gasteiger partial charge >= 0.3 is 0 Å². The van der Waals surface area contributed by atoms with Gasteiger partial charge < -0.3 is 10.2 Å². The number of hydrogen-bond donors (Lipinski definition) is 1. The summed E-state index contributed by atoms with van der Waals surface area (Å²) in [5.41, 5.74) is 1.50. The van der Waals surface area contributed by atoms with Crippen molar-refractivity contribution in [3.63, 3.8) is 0 Å². The molecule has 154 valence electrons. The molecule has 0 amide bonds. The number of rotatable bonds is 4. The number of likely N-dealkylation sites (tertiary alicyclic amines) is 1. The summed E-state index contributed by atoms with van der Waals surface area (Å²) in [5.74, 6) is 0.924. The first-order valence-corrected chi connectivity index (χ1v) is 12.0. The van der Waals surface area contributed by atoms with Crippen LogP contribution < -0.4 is 5.32 Å². The number of nitrogens with zero attached hydrogens (tertiary/aromatic N) is 3. The summed E-state index contributed by atoms with van der Waals surface area (Å²) in [5, 5.41) is 3.44. The van der Waals surface area contributed by atoms with Gasteiger partial charge in [-0.05, 0) is 55.2 Å². The van der Waals surface area contributed by atoms with Gasteiger partial charge in [-0.2, -0.15) is 4.31 Å². The Labute approximate surface area is 169 Å². The van der Waals surface area contributed by atoms with Gasteiger partial charge in [-0.15, -0.1) is 0 Å². The van der Waals surface area contributed by atoms with Crippen LogP contribution in [0.5, 0.6) is 0 Å². The number of nitrogens with one attached hydrogen (secondary N) is 1. The van der Waals surface area contributed by atoms with Crippen molar-refractivity contribution in [2.45, 2.75) is 56.4 Å². The molecule has 0 unspecified atom stereocenters. The monoisotopic (exact) mass is 404 g/mol. The second-order valence-electron chi connectivity index (χ2n) is 8.54. The molecule has 3 fully saturated rings. The van der Waals surface area contributed by atoms with Crippen LogP contribution in [0.15, 0.2) is 34.2 Å². The van der Waals surface area contributed by atoms with E-state index in [9.17, 15) is 8.42 Å². The first-order valence-electron chi connectivity index (χ1n) is 10.6. The number of piperidine rings is 1. The van der Waals surface area contributed by atoms with Crippen LogP contribution in [0.1, 0.15) is 50.5 Å². The lowest BCUT2D eigenvalue weighted by molar-refractivity contribution is 0.151. The van der Waals surface area contributed by atoms with Crippen molar-refractivity contribution in [2.75, 3.05) is 33.2 Å². The zero-order valence-corrected chi connectivity index (χ0v) is 17.7. The van der Waals surface area contributed by atoms with Gasteiger partial charge in [0.2, 0.25) is 10.0 Å². The minimum absolute atomic E-state index is 0.401. The molecule has 6 nitrogen and oxygen atoms in total. The molecular formula is C21H32N4O2S. The van der Waals surface area contributed by atoms with E-state index in [1.807, 2.05) is 25.2 Å². The molecule has 2 saturated heterocycles. The average Bonchev–Trinajstić information content (AvgIpc) is 3.16. The fourth-order valence-corrected chi connectivity index (χ4v) is 6.37. The Morgan fingerprint density at radius 1 is 1.11 bits per heavy atom. The Bertz CT molecular complexity index is 827. The highest BCUT2D eigenvalue weighted by molar-refractivity contribution is 7.89. The fourth-order valence-electron chi connectivity index (χ4n) is 4.78. The van der Waals surface area contributed by atoms with Gasteiger partial charge in [-0.1, -0.05) is 25.0 Å². The Hall–Kier alpha value is -1.60. The molecule has 1 saturated carbocycles. The molecule has 0 atom stereocenters. The number of aliphatic imine (C=N–C) groups is 1. The molecule has 1 aromatic rings. The van der Waals surface area contributed by atoms with Crippen LogP contribution in [-0.2, 0) is 16.6 Å². The summed E-state index contributed by atoms with van der Waals surface area (Å²) >= 11 is 0. The lowest BCUT2D eigenvalue weighted by Crippen LogP contribution is -2.42. The van der Waals surface area contributed by atoms with Gasteiger partial charge in [-0.25, -0.2) is 8.42 Å². The van der Waals surface area contributed by atoms with Crippen molar-refractivity contribution in [3.05, 3.63) is 29.8 Å². The normalized spacial score (nSPS) is 23.0. The number of guanidine groups is 1. The highest BCUT2D eigenvalue weighted by Gasteiger charge is 2.43. The van der Waals surface area contributed by atoms with E-state index in [0.717, 1.165) is 43.9 Å². The van der Waals surface area contributed by atoms with E-state index in [2.05, 4.69) is 15.2 Å². The van der Waals surface area contributed by atoms with Crippen LogP contribution in [0.3, 0.4) is 0 Å². The van der Waals surface area contributed by atoms with Gasteiger partial charge in [0.05, 0.1) is 4.90 Å². The quantitative estimate of drug-likeness (QED) is 0.619. The largest absolute Gasteiger partial charge is 0.352 e. The van der Waals surface area contributed by atoms with Crippen LogP contribution in [0, 0.1) is 5.41 Å². The van der Waals surface area contributed by atoms with Crippen molar-refractivity contribution < 1.29 is 8.42 Å². The van der Waals surface area contributed by atoms with Crippen molar-refractivity contribution in [3.8, 4) is 0 Å². The zero-order chi connectivity index (χ0) is 19.6. The molecule has 1 spiro atoms. The van der Waals surface area contributed by atoms with Gasteiger partial charge in [0.25, 0.3) is 0 Å². The van der Waals surface area contributed by atoms with Crippen molar-refractivity contribution in [2.24, 2.45) is 10.4 Å². The molecule has 1 aliphatic carbocycles. The third kappa shape index (κ3) is 3.92. The van der Waals surface area contributed by atoms with Crippen molar-refractivity contribution in [1.29, 1.82) is 0 Å². The molecule has 2 aliphatic heterocycles. The maximum Gasteiger partial charge on any atom is 0.243 e. The number of sulfonamides is 1. The predicted octanol–water partition coefficient (Wildman–Crippen LogP) is 2.81. The summed E-state index contributed by atoms with van der Waals surface area (Å²) in [6.07, 6.45) is 8.33. The maximum atomic E-state index is 12.9. The Morgan fingerprint density at radius 3 is 2.54 bits per heavy atom. The summed E-state index contributed by atoms with van der Waals surface area (Å²) < 4.78 is 27.5. The molecule has 3 aliphatic rings. The third-order valence-corrected chi connectivity index (χ3v) is 8.56. The average molecular weight is 405 g/mol. The highest BCUT2D eigenvalue weighted by atomic mass is 32.2. The fraction of sp³-hybridized carbons (Fsp3) is 0.667. The van der Waals surface area contributed by atoms with E-state index in [1.165, 1.54) is 25.7 Å². The van der Waals surface area contributed by atoms with Crippen LogP contribution in [0.2, 0.25) is 0 Å². The minimum atomic E-state index is -3.39. The molecule has 2 heterocycles. The molecule has 1 N–H and O–H groups in total. The van der Waals surface area contributed by atoms with Crippen LogP contribution in [0.25, 0.3) is 0 Å². The lowest BCUT2D eigenvalue weighted by atomic mass is 9.68. The lowest BCUT2D eigenvalue weighted by Gasteiger charge is -2.38. The first-order chi connectivity index (χ1) is 13.5. The third-order valence-electron chi connectivity index (χ3n) is 6.67. The van der Waals surface area contributed by atoms with Crippen LogP contribution in [-0.4, -0.2) is 56.8 Å². The number of benzene rings is 1. The molecule has 0 bridgehead atoms. The van der Waals surface area contributed by atoms with E-state index in [4.69, 9.17) is 0 Å². The van der Waals surface area contributed by atoms with E-state index >= 15 is 0 Å². The second kappa shape index (κ2) is 8.03. The van der Waals surface area contributed by atoms with E-state index in [1.54, 1.807) is 10.4 Å². The SMILES string of the molecule is CN=C(NCc1cccc(S(=O)(=O)N2CCCCC2)c1)N1CCC2(CCC2)C1. The summed E-state index contributed by atoms with van der Waals surface area (Å²) in [7, 11) is -1.57. The van der Waals surface area contributed by atoms with Crippen molar-refractivity contribution in [1.82, 2.24) is 14.5 Å². The molecule has 0 radical (unpaired) electrons. The minimum Gasteiger partial charge on any atom is -0.352 e. The summed E-state index contributed by atoms with van der Waals surface area (Å²) in [6, 6.07) is 7.34. The topological polar surface area (TPSA) is 65.0 Å². The maximum absolute atomic E-state index is 12.9. The van der Waals surface area contributed by atoms with E-state index < -0.39 is 10.0 Å². The van der Waals surface area contributed by atoms with Crippen LogP contribution >= 0.6 is 0 Å². The summed E-state index contributed by atoms with van der Waals surface area (Å²) in [6.45, 7) is 4.00. The van der Waals surface area contributed by atoms with Gasteiger partial charge in [0.1, 0.15) is 0 Å². The molecule has 4 rings (SSSR count). The Balaban J connectivity index is 1.40. The smallest absolute Gasteiger partial charge is 0.243 e. The highest BCUT2D eigenvalue weighted by Crippen LogP contribution is 2.47. The molecule has 0 aromatic heterocycles. The molecular weight excluding hydrogens is 372 g/mol. The molecule has 7 heteroatoms. The Morgan fingerprint density at radius 2 is 1.89 bits per heavy atom. The molecule has 28 heavy (non-hydrogen) atoms. The summed E-state index contributed by atoms with van der Waals surface area (Å²) in [4.78, 5) is 7.21. The van der Waals surface area contributed by atoms with Gasteiger partial charge in [-0.3, -0.25) is 4.99 Å². The standard InChI is InChI=1S/C21H32N4O2S/c1-22-20(24-14-11-21(17-24)9-6-10-21)23-16-18-7-5-8-19(15-18)28(26,27)25-12-3-2-4-13-25/h5,7-8,15H,2-4,6,9-14,16-17H2,1H3,(H,22,23). The Kier molecular flexibility index (Phi) is 5.65. The van der Waals surface area contributed by atoms with Gasteiger partial charge in [0.15, 0.2) is 5.96 Å².